The van der Waals surface area contributed by atoms with E-state index in [0.717, 1.165) is 31.7 Å². The molecule has 1 aromatic carbocycles. The Balaban J connectivity index is 2.23. The van der Waals surface area contributed by atoms with E-state index < -0.39 is 10.9 Å². The molecule has 1 fully saturated rings. The number of hydrogen-bond acceptors (Lipinski definition) is 5. The van der Waals surface area contributed by atoms with Gasteiger partial charge in [-0.15, -0.1) is 0 Å². The third kappa shape index (κ3) is 3.21. The summed E-state index contributed by atoms with van der Waals surface area (Å²) in [6.07, 6.45) is 5.40. The van der Waals surface area contributed by atoms with E-state index in [1.54, 1.807) is 0 Å². The molecule has 6 nitrogen and oxygen atoms in total. The van der Waals surface area contributed by atoms with E-state index in [-0.39, 0.29) is 17.3 Å². The number of benzene rings is 1. The molecule has 0 unspecified atom stereocenters. The van der Waals surface area contributed by atoms with Crippen molar-refractivity contribution >= 4 is 17.3 Å². The fraction of sp³-hybridized carbons (Fsp3) is 0.462. The van der Waals surface area contributed by atoms with Crippen molar-refractivity contribution in [1.82, 2.24) is 0 Å². The maximum atomic E-state index is 11.0. The van der Waals surface area contributed by atoms with Gasteiger partial charge in [-0.25, -0.2) is 0 Å². The second kappa shape index (κ2) is 5.69. The van der Waals surface area contributed by atoms with Crippen molar-refractivity contribution in [3.63, 3.8) is 0 Å². The third-order valence-corrected chi connectivity index (χ3v) is 3.39. The van der Waals surface area contributed by atoms with Crippen molar-refractivity contribution in [2.24, 2.45) is 0 Å². The number of nitrogens with zero attached hydrogens (tertiary/aromatic N) is 1. The number of carboxylic acid groups (broad SMARTS) is 1. The summed E-state index contributed by atoms with van der Waals surface area (Å²) in [7, 11) is 0. The van der Waals surface area contributed by atoms with E-state index in [0.29, 0.717) is 5.69 Å². The van der Waals surface area contributed by atoms with Crippen LogP contribution >= 0.6 is 0 Å². The smallest absolute Gasteiger partial charge is 0.292 e. The molecule has 0 heterocycles. The summed E-state index contributed by atoms with van der Waals surface area (Å²) in [4.78, 5) is 21.1. The Hall–Kier alpha value is -2.11. The first-order valence-corrected chi connectivity index (χ1v) is 6.34. The SMILES string of the molecule is O=C([O-])c1ccc(NC2CCCCC2)c([N+](=O)[O-])c1. The van der Waals surface area contributed by atoms with Crippen LogP contribution in [0.1, 0.15) is 42.5 Å². The summed E-state index contributed by atoms with van der Waals surface area (Å²) in [6, 6.07) is 4.03. The Kier molecular flexibility index (Phi) is 3.99. The molecule has 1 aliphatic carbocycles. The van der Waals surface area contributed by atoms with Gasteiger partial charge in [0.15, 0.2) is 0 Å². The fourth-order valence-corrected chi connectivity index (χ4v) is 2.40. The predicted molar refractivity (Wildman–Crippen MR) is 67.9 cm³/mol. The average Bonchev–Trinajstić information content (AvgIpc) is 2.39. The van der Waals surface area contributed by atoms with E-state index in [1.807, 2.05) is 0 Å². The van der Waals surface area contributed by atoms with Gasteiger partial charge in [0.05, 0.1) is 10.9 Å². The van der Waals surface area contributed by atoms with Gasteiger partial charge in [-0.1, -0.05) is 25.3 Å². The molecular formula is C13H15N2O4-. The highest BCUT2D eigenvalue weighted by molar-refractivity contribution is 5.88. The second-order valence-electron chi connectivity index (χ2n) is 4.76. The molecule has 19 heavy (non-hydrogen) atoms. The molecule has 1 N–H and O–H groups in total. The lowest BCUT2D eigenvalue weighted by molar-refractivity contribution is -0.384. The van der Waals surface area contributed by atoms with Crippen molar-refractivity contribution < 1.29 is 14.8 Å². The van der Waals surface area contributed by atoms with Crippen molar-refractivity contribution in [1.29, 1.82) is 0 Å². The van der Waals surface area contributed by atoms with Crippen LogP contribution in [-0.2, 0) is 0 Å². The van der Waals surface area contributed by atoms with E-state index in [1.165, 1.54) is 18.6 Å². The first-order chi connectivity index (χ1) is 9.08. The van der Waals surface area contributed by atoms with Gasteiger partial charge in [0.2, 0.25) is 0 Å². The number of hydrogen-bond donors (Lipinski definition) is 1. The van der Waals surface area contributed by atoms with Gasteiger partial charge in [0.1, 0.15) is 5.69 Å². The van der Waals surface area contributed by atoms with Gasteiger partial charge in [0.25, 0.3) is 5.69 Å². The number of nitro groups is 1. The summed E-state index contributed by atoms with van der Waals surface area (Å²) >= 11 is 0. The molecule has 0 spiro atoms. The fourth-order valence-electron chi connectivity index (χ4n) is 2.40. The number of carbonyl (C=O) groups excluding carboxylic acids is 1. The van der Waals surface area contributed by atoms with Crippen LogP contribution in [0.4, 0.5) is 11.4 Å². The summed E-state index contributed by atoms with van der Waals surface area (Å²) in [5.74, 6) is -1.41. The first kappa shape index (κ1) is 13.3. The van der Waals surface area contributed by atoms with Crippen LogP contribution < -0.4 is 10.4 Å². The van der Waals surface area contributed by atoms with E-state index in [4.69, 9.17) is 0 Å². The summed E-state index contributed by atoms with van der Waals surface area (Å²) in [5, 5.41) is 24.9. The van der Waals surface area contributed by atoms with Crippen LogP contribution in [-0.4, -0.2) is 16.9 Å². The third-order valence-electron chi connectivity index (χ3n) is 3.39. The average molecular weight is 263 g/mol. The Morgan fingerprint density at radius 3 is 2.53 bits per heavy atom. The number of carboxylic acids is 1. The van der Waals surface area contributed by atoms with Gasteiger partial charge >= 0.3 is 0 Å². The van der Waals surface area contributed by atoms with Crippen molar-refractivity contribution in [2.45, 2.75) is 38.1 Å². The molecule has 0 aromatic heterocycles. The standard InChI is InChI=1S/C13H16N2O4/c16-13(17)9-6-7-11(12(8-9)15(18)19)14-10-4-2-1-3-5-10/h6-8,10,14H,1-5H2,(H,16,17)/p-1. The van der Waals surface area contributed by atoms with Crippen LogP contribution in [0.5, 0.6) is 0 Å². The van der Waals surface area contributed by atoms with Gasteiger partial charge in [0, 0.05) is 17.7 Å². The summed E-state index contributed by atoms with van der Waals surface area (Å²) < 4.78 is 0. The topological polar surface area (TPSA) is 95.3 Å². The van der Waals surface area contributed by atoms with Crippen molar-refractivity contribution in [2.75, 3.05) is 5.32 Å². The first-order valence-electron chi connectivity index (χ1n) is 6.34. The number of nitro benzene ring substituents is 1. The van der Waals surface area contributed by atoms with E-state index in [9.17, 15) is 20.0 Å². The molecule has 0 bridgehead atoms. The highest BCUT2D eigenvalue weighted by atomic mass is 16.6. The zero-order valence-corrected chi connectivity index (χ0v) is 10.4. The predicted octanol–water partition coefficient (Wildman–Crippen LogP) is 1.70. The minimum Gasteiger partial charge on any atom is -0.545 e. The number of aromatic carboxylic acids is 1. The van der Waals surface area contributed by atoms with Crippen molar-refractivity contribution in [3.05, 3.63) is 33.9 Å². The molecule has 0 saturated heterocycles. The van der Waals surface area contributed by atoms with Crippen LogP contribution in [0.25, 0.3) is 0 Å². The highest BCUT2D eigenvalue weighted by Crippen LogP contribution is 2.29. The maximum absolute atomic E-state index is 11.0. The zero-order chi connectivity index (χ0) is 13.8. The Morgan fingerprint density at radius 2 is 1.95 bits per heavy atom. The van der Waals surface area contributed by atoms with Crippen molar-refractivity contribution in [3.8, 4) is 0 Å². The lowest BCUT2D eigenvalue weighted by Gasteiger charge is -2.23. The van der Waals surface area contributed by atoms with Crippen LogP contribution in [0.3, 0.4) is 0 Å². The Morgan fingerprint density at radius 1 is 1.26 bits per heavy atom. The summed E-state index contributed by atoms with van der Waals surface area (Å²) in [6.45, 7) is 0. The molecular weight excluding hydrogens is 248 g/mol. The van der Waals surface area contributed by atoms with E-state index in [2.05, 4.69) is 5.32 Å². The minimum absolute atomic E-state index is 0.180. The largest absolute Gasteiger partial charge is 0.545 e. The number of rotatable bonds is 4. The quantitative estimate of drug-likeness (QED) is 0.659. The molecule has 1 aromatic rings. The number of nitrogens with one attached hydrogen (secondary N) is 1. The Labute approximate surface area is 110 Å². The van der Waals surface area contributed by atoms with Crippen LogP contribution in [0.2, 0.25) is 0 Å². The molecule has 1 aliphatic rings. The molecule has 0 radical (unpaired) electrons. The van der Waals surface area contributed by atoms with Gasteiger partial charge < -0.3 is 15.2 Å². The molecule has 6 heteroatoms. The highest BCUT2D eigenvalue weighted by Gasteiger charge is 2.19. The number of anilines is 1. The van der Waals surface area contributed by atoms with Gasteiger partial charge in [-0.05, 0) is 18.9 Å². The van der Waals surface area contributed by atoms with Gasteiger partial charge in [-0.3, -0.25) is 10.1 Å². The molecule has 0 atom stereocenters. The molecule has 2 rings (SSSR count). The van der Waals surface area contributed by atoms with Gasteiger partial charge in [-0.2, -0.15) is 0 Å². The molecule has 0 amide bonds. The molecule has 102 valence electrons. The summed E-state index contributed by atoms with van der Waals surface area (Å²) in [5.41, 5.74) is -0.0185. The monoisotopic (exact) mass is 263 g/mol. The zero-order valence-electron chi connectivity index (χ0n) is 10.4. The molecule has 1 saturated carbocycles. The van der Waals surface area contributed by atoms with Crippen LogP contribution in [0.15, 0.2) is 18.2 Å². The minimum atomic E-state index is -1.41. The van der Waals surface area contributed by atoms with Crippen LogP contribution in [0, 0.1) is 10.1 Å². The Bertz CT molecular complexity index is 495. The normalized spacial score (nSPS) is 16.0. The second-order valence-corrected chi connectivity index (χ2v) is 4.76. The lowest BCUT2D eigenvalue weighted by atomic mass is 9.95. The molecule has 0 aliphatic heterocycles. The lowest BCUT2D eigenvalue weighted by Crippen LogP contribution is -2.24. The number of carbonyl (C=O) groups is 1. The maximum Gasteiger partial charge on any atom is 0.292 e. The van der Waals surface area contributed by atoms with E-state index >= 15 is 0 Å².